The van der Waals surface area contributed by atoms with Crippen LogP contribution in [-0.2, 0) is 15.6 Å². The monoisotopic (exact) mass is 576 g/mol. The molecule has 1 fully saturated rings. The summed E-state index contributed by atoms with van der Waals surface area (Å²) in [6.45, 7) is 4.09. The molecule has 0 aliphatic carbocycles. The molecule has 2 aliphatic heterocycles. The predicted octanol–water partition coefficient (Wildman–Crippen LogP) is 5.69. The van der Waals surface area contributed by atoms with Crippen LogP contribution in [0.4, 0.5) is 4.39 Å². The van der Waals surface area contributed by atoms with Gasteiger partial charge < -0.3 is 0 Å². The second kappa shape index (κ2) is 10.4. The number of carbonyl (C=O) groups is 1. The van der Waals surface area contributed by atoms with Crippen molar-refractivity contribution in [2.75, 3.05) is 5.75 Å². The first-order valence-corrected chi connectivity index (χ1v) is 14.9. The molecule has 2 aliphatic rings. The number of hydrazine groups is 1. The molecule has 5 rings (SSSR count). The van der Waals surface area contributed by atoms with Crippen molar-refractivity contribution in [3.63, 3.8) is 0 Å². The van der Waals surface area contributed by atoms with Crippen molar-refractivity contribution in [2.24, 2.45) is 0 Å². The summed E-state index contributed by atoms with van der Waals surface area (Å²) >= 11 is 12.7. The number of aromatic nitrogens is 2. The van der Waals surface area contributed by atoms with Crippen LogP contribution in [0.3, 0.4) is 0 Å². The van der Waals surface area contributed by atoms with Crippen molar-refractivity contribution in [3.8, 4) is 5.69 Å². The summed E-state index contributed by atoms with van der Waals surface area (Å²) < 4.78 is 41.2. The highest BCUT2D eigenvalue weighted by Gasteiger charge is 2.36. The van der Waals surface area contributed by atoms with Crippen molar-refractivity contribution < 1.29 is 17.6 Å². The molecule has 11 heteroatoms. The van der Waals surface area contributed by atoms with Gasteiger partial charge in [0, 0.05) is 22.7 Å². The maximum atomic E-state index is 13.6. The standard InChI is InChI=1S/C27H27Cl2FN4O3S/c1-16-4-3-5-17(2)33(16)32-27(35)25-22-15-38(36,37)14-19(12-18-6-9-21(30)10-7-18)26(22)34(31-25)24-11-8-20(28)13-23(24)29/h6-13,16-17H,3-5,14-15H2,1-2H3,(H,32,35). The van der Waals surface area contributed by atoms with Crippen LogP contribution in [0.5, 0.6) is 0 Å². The Kier molecular flexibility index (Phi) is 7.39. The summed E-state index contributed by atoms with van der Waals surface area (Å²) in [6, 6.07) is 10.9. The van der Waals surface area contributed by atoms with Crippen LogP contribution in [0.25, 0.3) is 17.3 Å². The molecular formula is C27H27Cl2FN4O3S. The molecule has 0 radical (unpaired) electrons. The van der Waals surface area contributed by atoms with Crippen molar-refractivity contribution in [3.05, 3.63) is 80.8 Å². The van der Waals surface area contributed by atoms with E-state index in [1.807, 2.05) is 18.9 Å². The van der Waals surface area contributed by atoms with Gasteiger partial charge in [-0.25, -0.2) is 22.5 Å². The molecular weight excluding hydrogens is 550 g/mol. The normalized spacial score (nSPS) is 22.3. The average molecular weight is 578 g/mol. The highest BCUT2D eigenvalue weighted by atomic mass is 35.5. The third kappa shape index (κ3) is 5.38. The third-order valence-electron chi connectivity index (χ3n) is 7.02. The molecule has 1 saturated heterocycles. The number of carbonyl (C=O) groups excluding carboxylic acids is 1. The molecule has 1 aromatic heterocycles. The van der Waals surface area contributed by atoms with E-state index < -0.39 is 21.6 Å². The zero-order valence-corrected chi connectivity index (χ0v) is 23.2. The molecule has 3 aromatic rings. The Bertz CT molecular complexity index is 1530. The van der Waals surface area contributed by atoms with Gasteiger partial charge in [-0.2, -0.15) is 5.10 Å². The number of amides is 1. The van der Waals surface area contributed by atoms with E-state index in [-0.39, 0.29) is 29.3 Å². The smallest absolute Gasteiger partial charge is 0.283 e. The number of hydrogen-bond acceptors (Lipinski definition) is 5. The fourth-order valence-corrected chi connectivity index (χ4v) is 7.18. The number of rotatable bonds is 4. The predicted molar refractivity (Wildman–Crippen MR) is 147 cm³/mol. The molecule has 0 spiro atoms. The van der Waals surface area contributed by atoms with Crippen molar-refractivity contribution in [2.45, 2.75) is 50.9 Å². The lowest BCUT2D eigenvalue weighted by atomic mass is 10.00. The van der Waals surface area contributed by atoms with Gasteiger partial charge in [-0.3, -0.25) is 10.2 Å². The number of hydrogen-bond donors (Lipinski definition) is 1. The Morgan fingerprint density at radius 1 is 1.08 bits per heavy atom. The Labute approximate surface area is 231 Å². The number of halogens is 3. The summed E-state index contributed by atoms with van der Waals surface area (Å²) in [5.74, 6) is -1.50. The van der Waals surface area contributed by atoms with Crippen molar-refractivity contribution in [1.82, 2.24) is 20.2 Å². The molecule has 2 unspecified atom stereocenters. The van der Waals surface area contributed by atoms with E-state index in [2.05, 4.69) is 10.5 Å². The topological polar surface area (TPSA) is 84.3 Å². The Morgan fingerprint density at radius 2 is 1.76 bits per heavy atom. The number of fused-ring (bicyclic) bond motifs is 1. The van der Waals surface area contributed by atoms with Gasteiger partial charge in [-0.05, 0) is 74.2 Å². The largest absolute Gasteiger partial charge is 0.286 e. The van der Waals surface area contributed by atoms with Gasteiger partial charge in [0.1, 0.15) is 5.82 Å². The van der Waals surface area contributed by atoms with Gasteiger partial charge in [0.15, 0.2) is 15.5 Å². The van der Waals surface area contributed by atoms with Crippen molar-refractivity contribution in [1.29, 1.82) is 0 Å². The number of sulfone groups is 1. The fraction of sp³-hybridized carbons (Fsp3) is 0.333. The maximum Gasteiger partial charge on any atom is 0.286 e. The lowest BCUT2D eigenvalue weighted by Crippen LogP contribution is -2.54. The van der Waals surface area contributed by atoms with E-state index >= 15 is 0 Å². The molecule has 2 aromatic carbocycles. The van der Waals surface area contributed by atoms with Gasteiger partial charge in [0.25, 0.3) is 5.91 Å². The van der Waals surface area contributed by atoms with E-state index in [0.717, 1.165) is 19.3 Å². The minimum Gasteiger partial charge on any atom is -0.283 e. The highest BCUT2D eigenvalue weighted by molar-refractivity contribution is 7.91. The molecule has 3 heterocycles. The van der Waals surface area contributed by atoms with Crippen LogP contribution >= 0.6 is 23.2 Å². The first-order valence-electron chi connectivity index (χ1n) is 12.4. The van der Waals surface area contributed by atoms with E-state index in [4.69, 9.17) is 23.2 Å². The van der Waals surface area contributed by atoms with Gasteiger partial charge in [-0.1, -0.05) is 41.8 Å². The molecule has 200 valence electrons. The summed E-state index contributed by atoms with van der Waals surface area (Å²) in [4.78, 5) is 13.6. The van der Waals surface area contributed by atoms with Crippen LogP contribution in [0.2, 0.25) is 10.0 Å². The summed E-state index contributed by atoms with van der Waals surface area (Å²) in [6.07, 6.45) is 4.63. The second-order valence-corrected chi connectivity index (χ2v) is 12.8. The molecule has 7 nitrogen and oxygen atoms in total. The van der Waals surface area contributed by atoms with Gasteiger partial charge >= 0.3 is 0 Å². The first-order chi connectivity index (χ1) is 18.0. The Morgan fingerprint density at radius 3 is 2.42 bits per heavy atom. The molecule has 2 atom stereocenters. The quantitative estimate of drug-likeness (QED) is 0.431. The zero-order valence-electron chi connectivity index (χ0n) is 20.9. The number of nitrogens with one attached hydrogen (secondary N) is 1. The van der Waals surface area contributed by atoms with Crippen LogP contribution in [0.1, 0.15) is 60.4 Å². The van der Waals surface area contributed by atoms with E-state index in [0.29, 0.717) is 38.1 Å². The van der Waals surface area contributed by atoms with Gasteiger partial charge in [0.2, 0.25) is 0 Å². The molecule has 38 heavy (non-hydrogen) atoms. The van der Waals surface area contributed by atoms with E-state index in [1.165, 1.54) is 16.8 Å². The molecule has 0 saturated carbocycles. The fourth-order valence-electron chi connectivity index (χ4n) is 5.19. The highest BCUT2D eigenvalue weighted by Crippen LogP contribution is 2.37. The van der Waals surface area contributed by atoms with E-state index in [1.54, 1.807) is 36.4 Å². The molecule has 0 bridgehead atoms. The van der Waals surface area contributed by atoms with Crippen LogP contribution < -0.4 is 5.43 Å². The van der Waals surface area contributed by atoms with Gasteiger partial charge in [-0.15, -0.1) is 0 Å². The number of piperidine rings is 1. The average Bonchev–Trinajstić information content (AvgIpc) is 3.21. The SMILES string of the molecule is CC1CCCC(C)N1NC(=O)c1nn(-c2ccc(Cl)cc2Cl)c2c1CS(=O)(=O)CC2=Cc1ccc(F)cc1. The van der Waals surface area contributed by atoms with Gasteiger partial charge in [0.05, 0.1) is 27.9 Å². The first kappa shape index (κ1) is 26.9. The zero-order chi connectivity index (χ0) is 27.2. The lowest BCUT2D eigenvalue weighted by Gasteiger charge is -2.38. The Balaban J connectivity index is 1.68. The minimum atomic E-state index is -3.61. The van der Waals surface area contributed by atoms with Crippen LogP contribution in [-0.4, -0.2) is 47.0 Å². The van der Waals surface area contributed by atoms with E-state index in [9.17, 15) is 17.6 Å². The van der Waals surface area contributed by atoms with Crippen LogP contribution in [0, 0.1) is 5.82 Å². The third-order valence-corrected chi connectivity index (χ3v) is 9.03. The number of benzene rings is 2. The lowest BCUT2D eigenvalue weighted by molar-refractivity contribution is 0.0365. The maximum absolute atomic E-state index is 13.6. The second-order valence-electron chi connectivity index (χ2n) is 9.91. The molecule has 1 amide bonds. The summed E-state index contributed by atoms with van der Waals surface area (Å²) in [5, 5.41) is 7.26. The summed E-state index contributed by atoms with van der Waals surface area (Å²) in [7, 11) is -3.61. The Hall–Kier alpha value is -2.72. The number of nitrogens with zero attached hydrogens (tertiary/aromatic N) is 3. The molecule has 1 N–H and O–H groups in total. The summed E-state index contributed by atoms with van der Waals surface area (Å²) in [5.41, 5.74) is 5.26. The van der Waals surface area contributed by atoms with Crippen LogP contribution in [0.15, 0.2) is 42.5 Å². The van der Waals surface area contributed by atoms with Crippen molar-refractivity contribution >= 4 is 50.6 Å². The minimum absolute atomic E-state index is 0.0178.